The molecule has 0 aliphatic rings. The minimum Gasteiger partial charge on any atom is -0.320 e. The molecule has 4 nitrogen and oxygen atoms in total. The molecule has 1 rings (SSSR count). The summed E-state index contributed by atoms with van der Waals surface area (Å²) in [5.41, 5.74) is 1.14. The van der Waals surface area contributed by atoms with Crippen LogP contribution >= 0.6 is 12.4 Å². The molecule has 0 fully saturated rings. The molecule has 0 spiro atoms. The molecule has 19 heavy (non-hydrogen) atoms. The number of nitrogens with one attached hydrogen (secondary N) is 2. The first kappa shape index (κ1) is 18.4. The van der Waals surface area contributed by atoms with Gasteiger partial charge in [-0.15, -0.1) is 12.4 Å². The van der Waals surface area contributed by atoms with E-state index in [1.54, 1.807) is 12.1 Å². The Morgan fingerprint density at radius 2 is 1.68 bits per heavy atom. The maximum Gasteiger partial charge on any atom is 0.240 e. The van der Waals surface area contributed by atoms with E-state index in [2.05, 4.69) is 23.9 Å². The molecule has 0 radical (unpaired) electrons. The van der Waals surface area contributed by atoms with Gasteiger partial charge in [0.2, 0.25) is 10.0 Å². The lowest BCUT2D eigenvalue weighted by atomic mass is 10.0. The Hall–Kier alpha value is -0.620. The molecule has 0 unspecified atom stereocenters. The van der Waals surface area contributed by atoms with Crippen molar-refractivity contribution in [3.8, 4) is 0 Å². The first-order valence-electron chi connectivity index (χ1n) is 6.21. The van der Waals surface area contributed by atoms with Gasteiger partial charge in [0, 0.05) is 6.54 Å². The molecule has 110 valence electrons. The van der Waals surface area contributed by atoms with Crippen LogP contribution in [-0.4, -0.2) is 28.6 Å². The molecule has 0 bridgehead atoms. The van der Waals surface area contributed by atoms with Crippen LogP contribution in [0, 0.1) is 0 Å². The number of hydrogen-bond donors (Lipinski definition) is 2. The van der Waals surface area contributed by atoms with E-state index in [0.717, 1.165) is 18.5 Å². The molecule has 0 aliphatic heterocycles. The van der Waals surface area contributed by atoms with Crippen LogP contribution in [0.3, 0.4) is 0 Å². The Morgan fingerprint density at radius 3 is 2.16 bits per heavy atom. The third-order valence-corrected chi connectivity index (χ3v) is 4.23. The number of hydrogen-bond acceptors (Lipinski definition) is 3. The van der Waals surface area contributed by atoms with Crippen molar-refractivity contribution in [3.05, 3.63) is 29.8 Å². The van der Waals surface area contributed by atoms with Crippen LogP contribution in [0.2, 0.25) is 0 Å². The fraction of sp³-hybridized carbons (Fsp3) is 0.538. The quantitative estimate of drug-likeness (QED) is 0.759. The van der Waals surface area contributed by atoms with Crippen molar-refractivity contribution in [1.82, 2.24) is 10.0 Å². The van der Waals surface area contributed by atoms with E-state index in [4.69, 9.17) is 0 Å². The van der Waals surface area contributed by atoms with Crippen LogP contribution in [0.1, 0.15) is 31.7 Å². The van der Waals surface area contributed by atoms with Crippen molar-refractivity contribution in [2.75, 3.05) is 20.1 Å². The average Bonchev–Trinajstić information content (AvgIpc) is 2.35. The molecule has 1 aromatic rings. The maximum absolute atomic E-state index is 11.9. The predicted molar refractivity (Wildman–Crippen MR) is 81.5 cm³/mol. The van der Waals surface area contributed by atoms with E-state index in [0.29, 0.717) is 17.4 Å². The maximum atomic E-state index is 11.9. The number of halogens is 1. The summed E-state index contributed by atoms with van der Waals surface area (Å²) in [5, 5.41) is 2.98. The number of sulfonamides is 1. The predicted octanol–water partition coefficient (Wildman–Crippen LogP) is 2.12. The monoisotopic (exact) mass is 306 g/mol. The second-order valence-electron chi connectivity index (χ2n) is 4.58. The van der Waals surface area contributed by atoms with Gasteiger partial charge < -0.3 is 5.32 Å². The van der Waals surface area contributed by atoms with Gasteiger partial charge in [-0.3, -0.25) is 0 Å². The highest BCUT2D eigenvalue weighted by molar-refractivity contribution is 7.89. The minimum absolute atomic E-state index is 0. The molecule has 2 N–H and O–H groups in total. The van der Waals surface area contributed by atoms with Gasteiger partial charge in [0.05, 0.1) is 4.90 Å². The smallest absolute Gasteiger partial charge is 0.240 e. The lowest BCUT2D eigenvalue weighted by molar-refractivity contribution is 0.577. The van der Waals surface area contributed by atoms with E-state index in [1.807, 2.05) is 19.2 Å². The molecule has 0 saturated carbocycles. The van der Waals surface area contributed by atoms with Gasteiger partial charge in [-0.05, 0) is 43.6 Å². The molecule has 0 aromatic heterocycles. The number of rotatable bonds is 7. The SMILES string of the molecule is CNCCCNS(=O)(=O)c1ccc(C(C)C)cc1.Cl. The van der Waals surface area contributed by atoms with Crippen molar-refractivity contribution >= 4 is 22.4 Å². The first-order chi connectivity index (χ1) is 8.47. The zero-order valence-corrected chi connectivity index (χ0v) is 13.3. The fourth-order valence-electron chi connectivity index (χ4n) is 1.59. The van der Waals surface area contributed by atoms with Crippen molar-refractivity contribution in [2.24, 2.45) is 0 Å². The average molecular weight is 307 g/mol. The summed E-state index contributed by atoms with van der Waals surface area (Å²) in [6.07, 6.45) is 0.778. The molecule has 0 atom stereocenters. The zero-order valence-electron chi connectivity index (χ0n) is 11.6. The van der Waals surface area contributed by atoms with Crippen LogP contribution < -0.4 is 10.0 Å². The molecular formula is C13H23ClN2O2S. The Bertz CT molecular complexity index is 458. The second kappa shape index (κ2) is 8.53. The normalized spacial score (nSPS) is 11.4. The topological polar surface area (TPSA) is 58.2 Å². The van der Waals surface area contributed by atoms with E-state index in [-0.39, 0.29) is 12.4 Å². The summed E-state index contributed by atoms with van der Waals surface area (Å²) in [7, 11) is -1.51. The third kappa shape index (κ3) is 5.91. The number of benzene rings is 1. The summed E-state index contributed by atoms with van der Waals surface area (Å²) in [5.74, 6) is 0.408. The molecule has 1 aromatic carbocycles. The van der Waals surface area contributed by atoms with Crippen molar-refractivity contribution in [3.63, 3.8) is 0 Å². The summed E-state index contributed by atoms with van der Waals surface area (Å²) in [6.45, 7) is 5.42. The lowest BCUT2D eigenvalue weighted by Crippen LogP contribution is -2.26. The van der Waals surface area contributed by atoms with Gasteiger partial charge in [0.25, 0.3) is 0 Å². The standard InChI is InChI=1S/C13H22N2O2S.ClH/c1-11(2)12-5-7-13(8-6-12)18(16,17)15-10-4-9-14-3;/h5-8,11,14-15H,4,9-10H2,1-3H3;1H. The van der Waals surface area contributed by atoms with Crippen molar-refractivity contribution in [1.29, 1.82) is 0 Å². The Kier molecular flexibility index (Phi) is 8.25. The highest BCUT2D eigenvalue weighted by Gasteiger charge is 2.13. The van der Waals surface area contributed by atoms with Crippen molar-refractivity contribution in [2.45, 2.75) is 31.1 Å². The molecule has 0 aliphatic carbocycles. The highest BCUT2D eigenvalue weighted by atomic mass is 35.5. The largest absolute Gasteiger partial charge is 0.320 e. The summed E-state index contributed by atoms with van der Waals surface area (Å²) < 4.78 is 26.5. The van der Waals surface area contributed by atoms with Crippen LogP contribution in [0.25, 0.3) is 0 Å². The van der Waals surface area contributed by atoms with Crippen molar-refractivity contribution < 1.29 is 8.42 Å². The zero-order chi connectivity index (χ0) is 13.6. The van der Waals surface area contributed by atoms with Crippen LogP contribution in [0.4, 0.5) is 0 Å². The second-order valence-corrected chi connectivity index (χ2v) is 6.35. The first-order valence-corrected chi connectivity index (χ1v) is 7.70. The van der Waals surface area contributed by atoms with Gasteiger partial charge in [-0.25, -0.2) is 13.1 Å². The van der Waals surface area contributed by atoms with Crippen LogP contribution in [0.5, 0.6) is 0 Å². The summed E-state index contributed by atoms with van der Waals surface area (Å²) in [4.78, 5) is 0.330. The molecule has 0 heterocycles. The van der Waals surface area contributed by atoms with Gasteiger partial charge in [0.1, 0.15) is 0 Å². The summed E-state index contributed by atoms with van der Waals surface area (Å²) in [6, 6.07) is 7.06. The van der Waals surface area contributed by atoms with Crippen LogP contribution in [-0.2, 0) is 10.0 Å². The molecule has 0 amide bonds. The summed E-state index contributed by atoms with van der Waals surface area (Å²) >= 11 is 0. The van der Waals surface area contributed by atoms with E-state index in [1.165, 1.54) is 0 Å². The Balaban J connectivity index is 0.00000324. The Morgan fingerprint density at radius 1 is 1.11 bits per heavy atom. The van der Waals surface area contributed by atoms with Gasteiger partial charge in [-0.2, -0.15) is 0 Å². The Labute approximate surface area is 122 Å². The molecular weight excluding hydrogens is 284 g/mol. The van der Waals surface area contributed by atoms with E-state index in [9.17, 15) is 8.42 Å². The molecule has 0 saturated heterocycles. The van der Waals surface area contributed by atoms with E-state index >= 15 is 0 Å². The fourth-order valence-corrected chi connectivity index (χ4v) is 2.66. The molecule has 6 heteroatoms. The van der Waals surface area contributed by atoms with Gasteiger partial charge in [-0.1, -0.05) is 26.0 Å². The van der Waals surface area contributed by atoms with Gasteiger partial charge >= 0.3 is 0 Å². The highest BCUT2D eigenvalue weighted by Crippen LogP contribution is 2.17. The van der Waals surface area contributed by atoms with Crippen LogP contribution in [0.15, 0.2) is 29.2 Å². The lowest BCUT2D eigenvalue weighted by Gasteiger charge is -2.09. The van der Waals surface area contributed by atoms with Gasteiger partial charge in [0.15, 0.2) is 0 Å². The van der Waals surface area contributed by atoms with E-state index < -0.39 is 10.0 Å². The third-order valence-electron chi connectivity index (χ3n) is 2.75. The minimum atomic E-state index is -3.36.